The molecule has 0 aliphatic carbocycles. The second-order valence-corrected chi connectivity index (χ2v) is 0.495. The van der Waals surface area contributed by atoms with Gasteiger partial charge in [-0.05, 0) is 0 Å². The fourth-order valence-electron chi connectivity index (χ4n) is 0. The number of halogens is 4. The summed E-state index contributed by atoms with van der Waals surface area (Å²) in [5.41, 5.74) is 0. The molecule has 0 unspecified atom stereocenters. The van der Waals surface area contributed by atoms with Crippen LogP contribution in [0.25, 0.3) is 0 Å². The van der Waals surface area contributed by atoms with E-state index in [-0.39, 0.29) is 35.7 Å². The molecule has 1 nitrogen and oxygen atoms in total. The van der Waals surface area contributed by atoms with E-state index in [1.165, 1.54) is 0 Å². The molecule has 7 heavy (non-hydrogen) atoms. The third-order valence-electron chi connectivity index (χ3n) is 0. The van der Waals surface area contributed by atoms with Gasteiger partial charge in [-0.3, -0.25) is 0 Å². The van der Waals surface area contributed by atoms with Crippen LogP contribution in [0, 0.1) is 0 Å². The minimum absolute atomic E-state index is 0. The molecule has 0 atom stereocenters. The van der Waals surface area contributed by atoms with Crippen molar-refractivity contribution in [1.82, 2.24) is 6.15 Å². The summed E-state index contributed by atoms with van der Waals surface area (Å²) in [6.07, 6.45) is 0. The molecule has 0 aliphatic heterocycles. The van der Waals surface area contributed by atoms with Crippen molar-refractivity contribution in [2.24, 2.45) is 0 Å². The van der Waals surface area contributed by atoms with Gasteiger partial charge >= 0.3 is 36.8 Å². The van der Waals surface area contributed by atoms with E-state index in [4.69, 9.17) is 0 Å². The van der Waals surface area contributed by atoms with Crippen LogP contribution in [-0.2, 0) is 0 Å². The van der Waals surface area contributed by atoms with Crippen molar-refractivity contribution in [3.05, 3.63) is 0 Å². The number of hydrogen-bond donors (Lipinski definition) is 1. The van der Waals surface area contributed by atoms with Crippen molar-refractivity contribution in [3.63, 3.8) is 0 Å². The van der Waals surface area contributed by atoms with Gasteiger partial charge in [-0.15, -0.1) is 0 Å². The van der Waals surface area contributed by atoms with Crippen LogP contribution in [0.2, 0.25) is 0 Å². The van der Waals surface area contributed by atoms with Crippen LogP contribution >= 0.6 is 0 Å². The zero-order chi connectivity index (χ0) is 4.50. The molecule has 0 aromatic heterocycles. The fourth-order valence-corrected chi connectivity index (χ4v) is 0. The van der Waals surface area contributed by atoms with E-state index in [0.29, 0.717) is 0 Å². The molecule has 0 rings (SSSR count). The Bertz CT molecular complexity index is 27.2. The molecule has 0 aromatic carbocycles. The molecule has 0 saturated heterocycles. The Morgan fingerprint density at radius 3 is 0.857 bits per heavy atom. The van der Waals surface area contributed by atoms with Gasteiger partial charge in [-0.1, -0.05) is 0 Å². The minimum atomic E-state index is -6.00. The fraction of sp³-hybridized carbons (Fsp3) is 0. The normalized spacial score (nSPS) is 8.57. The number of rotatable bonds is 0. The summed E-state index contributed by atoms with van der Waals surface area (Å²) < 4.78 is 39.0. The molecule has 0 radical (unpaired) electrons. The Morgan fingerprint density at radius 2 is 0.857 bits per heavy atom. The Hall–Kier alpha value is 0.745. The van der Waals surface area contributed by atoms with Crippen LogP contribution in [0.3, 0.4) is 0 Å². The molecule has 42 valence electrons. The molecule has 0 spiro atoms. The second kappa shape index (κ2) is 4.89. The molecule has 0 bridgehead atoms. The van der Waals surface area contributed by atoms with Crippen LogP contribution in [0.4, 0.5) is 17.3 Å². The van der Waals surface area contributed by atoms with Crippen molar-refractivity contribution >= 4 is 36.8 Å². The summed E-state index contributed by atoms with van der Waals surface area (Å²) >= 11 is 0. The van der Waals surface area contributed by atoms with Crippen molar-refractivity contribution in [2.45, 2.75) is 0 Å². The van der Waals surface area contributed by atoms with Gasteiger partial charge in [-0.25, -0.2) is 0 Å². The first kappa shape index (κ1) is 15.6. The maximum absolute atomic E-state index is 9.75. The van der Waals surface area contributed by atoms with Crippen LogP contribution in [0.1, 0.15) is 0 Å². The molecule has 0 saturated carbocycles. The SMILES string of the molecule is F[B-](F)(F)F.N.[NaH]. The Morgan fingerprint density at radius 1 is 0.857 bits per heavy atom. The number of hydrogen-bond acceptors (Lipinski definition) is 1. The van der Waals surface area contributed by atoms with E-state index in [2.05, 4.69) is 0 Å². The Balaban J connectivity index is -0.0000000800. The summed E-state index contributed by atoms with van der Waals surface area (Å²) in [6.45, 7) is 0. The molecular weight excluding hydrogens is 124 g/mol. The molecule has 0 amide bonds. The first-order valence-corrected chi connectivity index (χ1v) is 0.873. The Kier molecular flexibility index (Phi) is 10.9. The maximum atomic E-state index is 9.75. The Labute approximate surface area is 60.4 Å². The zero-order valence-corrected chi connectivity index (χ0v) is 2.80. The van der Waals surface area contributed by atoms with E-state index in [9.17, 15) is 17.3 Å². The van der Waals surface area contributed by atoms with Gasteiger partial charge in [-0.2, -0.15) is 0 Å². The van der Waals surface area contributed by atoms with Gasteiger partial charge in [0.15, 0.2) is 0 Å². The van der Waals surface area contributed by atoms with Crippen LogP contribution in [0.15, 0.2) is 0 Å². The van der Waals surface area contributed by atoms with Gasteiger partial charge in [0.2, 0.25) is 0 Å². The van der Waals surface area contributed by atoms with E-state index < -0.39 is 7.25 Å². The molecule has 0 heterocycles. The quantitative estimate of drug-likeness (QED) is 0.380. The van der Waals surface area contributed by atoms with Gasteiger partial charge < -0.3 is 23.4 Å². The first-order valence-electron chi connectivity index (χ1n) is 0.873. The van der Waals surface area contributed by atoms with Crippen molar-refractivity contribution in [1.29, 1.82) is 0 Å². The molecule has 0 aliphatic rings. The molecule has 0 aromatic rings. The predicted octanol–water partition coefficient (Wildman–Crippen LogP) is 0.813. The zero-order valence-electron chi connectivity index (χ0n) is 2.80. The van der Waals surface area contributed by atoms with E-state index in [1.54, 1.807) is 0 Å². The van der Waals surface area contributed by atoms with Gasteiger partial charge in [0.1, 0.15) is 0 Å². The third-order valence-corrected chi connectivity index (χ3v) is 0. The topological polar surface area (TPSA) is 35.0 Å². The third kappa shape index (κ3) is 274. The summed E-state index contributed by atoms with van der Waals surface area (Å²) in [7, 11) is -6.00. The van der Waals surface area contributed by atoms with Crippen molar-refractivity contribution in [2.75, 3.05) is 0 Å². The average molecular weight is 128 g/mol. The predicted molar refractivity (Wildman–Crippen MR) is 22.4 cm³/mol. The second-order valence-electron chi connectivity index (χ2n) is 0.495. The first-order chi connectivity index (χ1) is 2.00. The van der Waals surface area contributed by atoms with Gasteiger partial charge in [0.05, 0.1) is 0 Å². The average Bonchev–Trinajstić information content (AvgIpc) is 0.722. The summed E-state index contributed by atoms with van der Waals surface area (Å²) in [6, 6.07) is 0. The van der Waals surface area contributed by atoms with Gasteiger partial charge in [0.25, 0.3) is 0 Å². The standard InChI is InChI=1S/BF4.H3N.Na.H/c2-1(3,4)5;;;/h;1H3;;/q-1;;;. The molecular formula is H4BF4NNa-. The van der Waals surface area contributed by atoms with Crippen molar-refractivity contribution < 1.29 is 17.3 Å². The van der Waals surface area contributed by atoms with Gasteiger partial charge in [0, 0.05) is 0 Å². The molecule has 7 heteroatoms. The van der Waals surface area contributed by atoms with Crippen LogP contribution < -0.4 is 6.15 Å². The van der Waals surface area contributed by atoms with E-state index >= 15 is 0 Å². The monoisotopic (exact) mass is 128 g/mol. The summed E-state index contributed by atoms with van der Waals surface area (Å²) in [4.78, 5) is 0. The summed E-state index contributed by atoms with van der Waals surface area (Å²) in [5, 5.41) is 0. The van der Waals surface area contributed by atoms with Crippen molar-refractivity contribution in [3.8, 4) is 0 Å². The molecule has 3 N–H and O–H groups in total. The van der Waals surface area contributed by atoms with Crippen LogP contribution in [-0.4, -0.2) is 36.8 Å². The van der Waals surface area contributed by atoms with E-state index in [0.717, 1.165) is 0 Å². The molecule has 0 fully saturated rings. The van der Waals surface area contributed by atoms with E-state index in [1.807, 2.05) is 0 Å². The van der Waals surface area contributed by atoms with Crippen LogP contribution in [0.5, 0.6) is 0 Å². The summed E-state index contributed by atoms with van der Waals surface area (Å²) in [5.74, 6) is 0.